The number of halogens is 2. The summed E-state index contributed by atoms with van der Waals surface area (Å²) in [6.07, 6.45) is 1.79. The fraction of sp³-hybridized carbons (Fsp3) is 0.100. The molecule has 0 bridgehead atoms. The number of nitrogens with zero attached hydrogens (tertiary/aromatic N) is 1. The molecule has 72 valence electrons. The van der Waals surface area contributed by atoms with Crippen LogP contribution in [0.3, 0.4) is 0 Å². The van der Waals surface area contributed by atoms with Gasteiger partial charge in [-0.05, 0) is 57.3 Å². The minimum absolute atomic E-state index is 0.863. The van der Waals surface area contributed by atoms with Crippen LogP contribution < -0.4 is 4.74 Å². The maximum Gasteiger partial charge on any atom is 0.158 e. The topological polar surface area (TPSA) is 22.1 Å². The Bertz CT molecular complexity index is 485. The van der Waals surface area contributed by atoms with E-state index in [9.17, 15) is 0 Å². The number of hydrogen-bond acceptors (Lipinski definition) is 2. The van der Waals surface area contributed by atoms with Gasteiger partial charge in [0.05, 0.1) is 10.7 Å². The van der Waals surface area contributed by atoms with Crippen LogP contribution in [0.1, 0.15) is 0 Å². The molecule has 2 nitrogen and oxygen atoms in total. The van der Waals surface area contributed by atoms with Crippen molar-refractivity contribution in [1.82, 2.24) is 4.98 Å². The van der Waals surface area contributed by atoms with Crippen molar-refractivity contribution in [2.24, 2.45) is 0 Å². The second-order valence-electron chi connectivity index (χ2n) is 2.77. The Hall–Kier alpha value is -0.110. The first-order valence-corrected chi connectivity index (χ1v) is 6.16. The van der Waals surface area contributed by atoms with Crippen LogP contribution in [0.25, 0.3) is 10.9 Å². The van der Waals surface area contributed by atoms with E-state index in [0.717, 1.165) is 20.2 Å². The summed E-state index contributed by atoms with van der Waals surface area (Å²) in [6.45, 7) is 0. The van der Waals surface area contributed by atoms with E-state index in [1.807, 2.05) is 6.07 Å². The Labute approximate surface area is 109 Å². The fourth-order valence-corrected chi connectivity index (χ4v) is 3.47. The van der Waals surface area contributed by atoms with Crippen LogP contribution >= 0.6 is 45.2 Å². The number of rotatable bonds is 1. The van der Waals surface area contributed by atoms with Gasteiger partial charge in [-0.2, -0.15) is 0 Å². The van der Waals surface area contributed by atoms with Crippen molar-refractivity contribution in [2.45, 2.75) is 0 Å². The highest BCUT2D eigenvalue weighted by atomic mass is 127. The van der Waals surface area contributed by atoms with Crippen LogP contribution in [0.15, 0.2) is 24.4 Å². The van der Waals surface area contributed by atoms with Gasteiger partial charge in [0, 0.05) is 15.2 Å². The third kappa shape index (κ3) is 1.69. The minimum atomic E-state index is 0.863. The van der Waals surface area contributed by atoms with Crippen LogP contribution in [0, 0.1) is 7.14 Å². The molecule has 0 aliphatic heterocycles. The highest BCUT2D eigenvalue weighted by molar-refractivity contribution is 14.1. The van der Waals surface area contributed by atoms with Gasteiger partial charge in [0.1, 0.15) is 5.52 Å². The molecule has 0 saturated heterocycles. The number of fused-ring (bicyclic) bond motifs is 1. The van der Waals surface area contributed by atoms with Crippen molar-refractivity contribution in [3.8, 4) is 5.75 Å². The summed E-state index contributed by atoms with van der Waals surface area (Å²) in [5.41, 5.74) is 0.936. The second kappa shape index (κ2) is 4.18. The molecule has 1 aromatic heterocycles. The zero-order valence-corrected chi connectivity index (χ0v) is 11.7. The second-order valence-corrected chi connectivity index (χ2v) is 5.10. The molecule has 1 heterocycles. The fourth-order valence-electron chi connectivity index (χ4n) is 1.34. The average molecular weight is 411 g/mol. The number of ether oxygens (including phenoxy) is 1. The Morgan fingerprint density at radius 1 is 1.29 bits per heavy atom. The van der Waals surface area contributed by atoms with Gasteiger partial charge in [-0.3, -0.25) is 4.98 Å². The molecule has 0 aliphatic carbocycles. The first kappa shape index (κ1) is 10.4. The molecule has 2 aromatic rings. The van der Waals surface area contributed by atoms with E-state index >= 15 is 0 Å². The number of pyridine rings is 1. The molecular weight excluding hydrogens is 404 g/mol. The van der Waals surface area contributed by atoms with Crippen molar-refractivity contribution in [1.29, 1.82) is 0 Å². The van der Waals surface area contributed by atoms with Crippen molar-refractivity contribution < 1.29 is 4.74 Å². The lowest BCUT2D eigenvalue weighted by atomic mass is 10.2. The van der Waals surface area contributed by atoms with E-state index in [-0.39, 0.29) is 0 Å². The zero-order valence-electron chi connectivity index (χ0n) is 7.42. The summed E-state index contributed by atoms with van der Waals surface area (Å²) in [6, 6.07) is 6.10. The zero-order chi connectivity index (χ0) is 10.1. The molecule has 2 rings (SSSR count). The number of aromatic nitrogens is 1. The predicted octanol–water partition coefficient (Wildman–Crippen LogP) is 3.45. The molecule has 0 N–H and O–H groups in total. The molecule has 14 heavy (non-hydrogen) atoms. The number of hydrogen-bond donors (Lipinski definition) is 0. The largest absolute Gasteiger partial charge is 0.493 e. The quantitative estimate of drug-likeness (QED) is 0.672. The Kier molecular flexibility index (Phi) is 3.10. The highest BCUT2D eigenvalue weighted by Crippen LogP contribution is 2.32. The highest BCUT2D eigenvalue weighted by Gasteiger charge is 2.09. The Morgan fingerprint density at radius 3 is 2.79 bits per heavy atom. The lowest BCUT2D eigenvalue weighted by Gasteiger charge is -2.08. The van der Waals surface area contributed by atoms with Gasteiger partial charge in [-0.25, -0.2) is 0 Å². The van der Waals surface area contributed by atoms with Gasteiger partial charge >= 0.3 is 0 Å². The van der Waals surface area contributed by atoms with Crippen LogP contribution in [0.2, 0.25) is 0 Å². The lowest BCUT2D eigenvalue weighted by molar-refractivity contribution is 0.416. The van der Waals surface area contributed by atoms with E-state index in [1.165, 1.54) is 3.57 Å². The maximum absolute atomic E-state index is 5.34. The first-order valence-electron chi connectivity index (χ1n) is 4.00. The minimum Gasteiger partial charge on any atom is -0.493 e. The summed E-state index contributed by atoms with van der Waals surface area (Å²) in [7, 11) is 1.68. The molecule has 0 amide bonds. The third-order valence-corrected chi connectivity index (χ3v) is 3.65. The van der Waals surface area contributed by atoms with Crippen LogP contribution in [-0.4, -0.2) is 12.1 Å². The van der Waals surface area contributed by atoms with Gasteiger partial charge in [-0.1, -0.05) is 6.07 Å². The summed E-state index contributed by atoms with van der Waals surface area (Å²) in [5, 5.41) is 1.14. The van der Waals surface area contributed by atoms with Gasteiger partial charge in [0.2, 0.25) is 0 Å². The molecule has 0 spiro atoms. The lowest BCUT2D eigenvalue weighted by Crippen LogP contribution is -1.92. The van der Waals surface area contributed by atoms with Crippen LogP contribution in [-0.2, 0) is 0 Å². The van der Waals surface area contributed by atoms with Crippen molar-refractivity contribution in [2.75, 3.05) is 7.11 Å². The summed E-state index contributed by atoms with van der Waals surface area (Å²) >= 11 is 4.58. The first-order chi connectivity index (χ1) is 6.74. The van der Waals surface area contributed by atoms with E-state index in [0.29, 0.717) is 0 Å². The monoisotopic (exact) mass is 411 g/mol. The molecule has 1 aromatic carbocycles. The number of methoxy groups -OCH3 is 1. The average Bonchev–Trinajstić information content (AvgIpc) is 2.18. The van der Waals surface area contributed by atoms with Gasteiger partial charge in [0.15, 0.2) is 5.75 Å². The van der Waals surface area contributed by atoms with Crippen molar-refractivity contribution in [3.05, 3.63) is 31.5 Å². The summed E-state index contributed by atoms with van der Waals surface area (Å²) in [4.78, 5) is 4.34. The number of benzene rings is 1. The third-order valence-electron chi connectivity index (χ3n) is 1.95. The van der Waals surface area contributed by atoms with E-state index in [2.05, 4.69) is 62.3 Å². The smallest absolute Gasteiger partial charge is 0.158 e. The van der Waals surface area contributed by atoms with Crippen LogP contribution in [0.5, 0.6) is 5.75 Å². The van der Waals surface area contributed by atoms with Gasteiger partial charge in [-0.15, -0.1) is 0 Å². The summed E-state index contributed by atoms with van der Waals surface area (Å²) < 4.78 is 7.64. The summed E-state index contributed by atoms with van der Waals surface area (Å²) in [5.74, 6) is 0.863. The van der Waals surface area contributed by atoms with E-state index in [4.69, 9.17) is 4.74 Å². The Morgan fingerprint density at radius 2 is 2.07 bits per heavy atom. The Balaban J connectivity index is 2.90. The normalized spacial score (nSPS) is 10.5. The standard InChI is InChI=1S/C10H7I2NO/c1-14-10-8(12)5-7(11)6-3-2-4-13-9(6)10/h2-5H,1H3. The molecule has 0 radical (unpaired) electrons. The van der Waals surface area contributed by atoms with Crippen molar-refractivity contribution in [3.63, 3.8) is 0 Å². The van der Waals surface area contributed by atoms with Gasteiger partial charge in [0.25, 0.3) is 0 Å². The maximum atomic E-state index is 5.34. The van der Waals surface area contributed by atoms with Crippen LogP contribution in [0.4, 0.5) is 0 Å². The molecule has 4 heteroatoms. The van der Waals surface area contributed by atoms with Crippen molar-refractivity contribution >= 4 is 56.1 Å². The molecule has 0 saturated carbocycles. The predicted molar refractivity (Wildman–Crippen MR) is 73.7 cm³/mol. The molecule has 0 unspecified atom stereocenters. The SMILES string of the molecule is COc1c(I)cc(I)c2cccnc12. The van der Waals surface area contributed by atoms with E-state index < -0.39 is 0 Å². The van der Waals surface area contributed by atoms with Gasteiger partial charge < -0.3 is 4.74 Å². The molecule has 0 atom stereocenters. The van der Waals surface area contributed by atoms with E-state index in [1.54, 1.807) is 13.3 Å². The molecule has 0 aliphatic rings. The molecular formula is C10H7I2NO. The molecule has 0 fully saturated rings.